The first kappa shape index (κ1) is 16.8. The van der Waals surface area contributed by atoms with E-state index in [0.29, 0.717) is 16.8 Å². The monoisotopic (exact) mass is 312 g/mol. The van der Waals surface area contributed by atoms with Crippen molar-refractivity contribution in [2.24, 2.45) is 0 Å². The topological polar surface area (TPSA) is 71.3 Å². The van der Waals surface area contributed by atoms with Crippen molar-refractivity contribution >= 4 is 5.97 Å². The molecule has 0 aliphatic carbocycles. The lowest BCUT2D eigenvalue weighted by Gasteiger charge is -2.30. The number of aryl methyl sites for hydroxylation is 1. The summed E-state index contributed by atoms with van der Waals surface area (Å²) in [6.07, 6.45) is 0. The molecule has 1 aromatic rings. The molecule has 5 nitrogen and oxygen atoms in total. The molecule has 1 heterocycles. The molecule has 0 amide bonds. The molecule has 1 aliphatic rings. The molecule has 0 fully saturated rings. The maximum Gasteiger partial charge on any atom is 0.336 e. The second-order valence-corrected chi connectivity index (χ2v) is 5.38. The highest BCUT2D eigenvalue weighted by molar-refractivity contribution is 5.93. The van der Waals surface area contributed by atoms with E-state index in [1.54, 1.807) is 7.11 Å². The van der Waals surface area contributed by atoms with Gasteiger partial charge in [-0.3, -0.25) is 0 Å². The molecule has 0 aromatic heterocycles. The molecule has 0 spiro atoms. The minimum Gasteiger partial charge on any atom is -0.466 e. The van der Waals surface area contributed by atoms with Crippen molar-refractivity contribution in [3.63, 3.8) is 0 Å². The van der Waals surface area contributed by atoms with E-state index in [0.717, 1.165) is 16.8 Å². The second kappa shape index (κ2) is 7.12. The Hall–Kier alpha value is -2.58. The number of dihydropyridines is 1. The first-order valence-electron chi connectivity index (χ1n) is 7.28. The lowest BCUT2D eigenvalue weighted by atomic mass is 9.79. The summed E-state index contributed by atoms with van der Waals surface area (Å²) in [7, 11) is 2.90. The zero-order valence-corrected chi connectivity index (χ0v) is 13.8. The average Bonchev–Trinajstić information content (AvgIpc) is 2.54. The Kier molecular flexibility index (Phi) is 5.20. The predicted octanol–water partition coefficient (Wildman–Crippen LogP) is 2.55. The van der Waals surface area contributed by atoms with Gasteiger partial charge in [0.25, 0.3) is 0 Å². The Morgan fingerprint density at radius 2 is 2.00 bits per heavy atom. The number of carbonyl (C=O) groups excluding carboxylic acids is 1. The molecule has 0 saturated heterocycles. The summed E-state index contributed by atoms with van der Waals surface area (Å²) < 4.78 is 10.2. The third-order valence-corrected chi connectivity index (χ3v) is 3.96. The summed E-state index contributed by atoms with van der Waals surface area (Å²) >= 11 is 0. The van der Waals surface area contributed by atoms with Crippen LogP contribution in [0.4, 0.5) is 0 Å². The van der Waals surface area contributed by atoms with Gasteiger partial charge in [-0.1, -0.05) is 24.3 Å². The van der Waals surface area contributed by atoms with Crippen LogP contribution >= 0.6 is 0 Å². The summed E-state index contributed by atoms with van der Waals surface area (Å²) in [5, 5.41) is 12.7. The van der Waals surface area contributed by atoms with Crippen LogP contribution in [0.5, 0.6) is 0 Å². The maximum absolute atomic E-state index is 12.4. The van der Waals surface area contributed by atoms with Crippen molar-refractivity contribution in [1.82, 2.24) is 5.32 Å². The van der Waals surface area contributed by atoms with Crippen molar-refractivity contribution in [2.45, 2.75) is 19.8 Å². The summed E-state index contributed by atoms with van der Waals surface area (Å²) in [5.74, 6) is -0.918. The van der Waals surface area contributed by atoms with Crippen LogP contribution < -0.4 is 5.32 Å². The van der Waals surface area contributed by atoms with Gasteiger partial charge in [0.15, 0.2) is 0 Å². The van der Waals surface area contributed by atoms with E-state index in [2.05, 4.69) is 11.4 Å². The predicted molar refractivity (Wildman–Crippen MR) is 86.3 cm³/mol. The van der Waals surface area contributed by atoms with Gasteiger partial charge < -0.3 is 14.8 Å². The van der Waals surface area contributed by atoms with Crippen LogP contribution in [-0.4, -0.2) is 26.8 Å². The van der Waals surface area contributed by atoms with Gasteiger partial charge in [0, 0.05) is 12.8 Å². The molecule has 1 N–H and O–H groups in total. The number of hydrogen-bond donors (Lipinski definition) is 1. The van der Waals surface area contributed by atoms with E-state index in [1.165, 1.54) is 7.11 Å². The standard InChI is InChI=1S/C18H20N2O3/c1-11-7-5-6-8-13(11)16-14(9-19)12(2)20-15(10-22-3)17(16)18(21)23-4/h5-8,16,20H,10H2,1-4H3. The van der Waals surface area contributed by atoms with Crippen molar-refractivity contribution in [2.75, 3.05) is 20.8 Å². The first-order chi connectivity index (χ1) is 11.0. The molecule has 0 radical (unpaired) electrons. The molecule has 0 saturated carbocycles. The van der Waals surface area contributed by atoms with Gasteiger partial charge in [-0.2, -0.15) is 5.26 Å². The molecule has 23 heavy (non-hydrogen) atoms. The smallest absolute Gasteiger partial charge is 0.336 e. The Morgan fingerprint density at radius 1 is 1.30 bits per heavy atom. The fraction of sp³-hybridized carbons (Fsp3) is 0.333. The number of hydrogen-bond acceptors (Lipinski definition) is 5. The maximum atomic E-state index is 12.4. The summed E-state index contributed by atoms with van der Waals surface area (Å²) in [4.78, 5) is 12.4. The van der Waals surface area contributed by atoms with Crippen molar-refractivity contribution in [1.29, 1.82) is 5.26 Å². The van der Waals surface area contributed by atoms with Crippen LogP contribution in [0.15, 0.2) is 46.8 Å². The Morgan fingerprint density at radius 3 is 2.57 bits per heavy atom. The van der Waals surface area contributed by atoms with Gasteiger partial charge in [-0.15, -0.1) is 0 Å². The summed E-state index contributed by atoms with van der Waals surface area (Å²) in [6, 6.07) is 9.97. The molecular weight excluding hydrogens is 292 g/mol. The number of benzene rings is 1. The lowest BCUT2D eigenvalue weighted by Crippen LogP contribution is -2.31. The Bertz CT molecular complexity index is 726. The average molecular weight is 312 g/mol. The minimum absolute atomic E-state index is 0.239. The second-order valence-electron chi connectivity index (χ2n) is 5.38. The van der Waals surface area contributed by atoms with Gasteiger partial charge in [0.1, 0.15) is 0 Å². The molecule has 1 atom stereocenters. The largest absolute Gasteiger partial charge is 0.466 e. The van der Waals surface area contributed by atoms with Crippen LogP contribution in [-0.2, 0) is 14.3 Å². The fourth-order valence-electron chi connectivity index (χ4n) is 2.88. The summed E-state index contributed by atoms with van der Waals surface area (Å²) in [6.45, 7) is 4.03. The Labute approximate surface area is 136 Å². The molecule has 1 unspecified atom stereocenters. The Balaban J connectivity index is 2.72. The summed E-state index contributed by atoms with van der Waals surface area (Å²) in [5.41, 5.74) is 4.21. The highest BCUT2D eigenvalue weighted by Gasteiger charge is 2.35. The number of carbonyl (C=O) groups is 1. The van der Waals surface area contributed by atoms with E-state index < -0.39 is 11.9 Å². The molecule has 0 bridgehead atoms. The zero-order valence-electron chi connectivity index (χ0n) is 13.8. The van der Waals surface area contributed by atoms with Crippen molar-refractivity contribution in [3.05, 3.63) is 57.9 Å². The quantitative estimate of drug-likeness (QED) is 0.865. The number of esters is 1. The van der Waals surface area contributed by atoms with Crippen LogP contribution in [0.1, 0.15) is 24.0 Å². The van der Waals surface area contributed by atoms with Crippen LogP contribution in [0, 0.1) is 18.3 Å². The highest BCUT2D eigenvalue weighted by Crippen LogP contribution is 2.39. The van der Waals surface area contributed by atoms with E-state index in [-0.39, 0.29) is 6.61 Å². The third kappa shape index (κ3) is 3.13. The number of allylic oxidation sites excluding steroid dienone is 2. The molecular formula is C18H20N2O3. The minimum atomic E-state index is -0.460. The van der Waals surface area contributed by atoms with Crippen molar-refractivity contribution in [3.8, 4) is 6.07 Å². The molecule has 120 valence electrons. The van der Waals surface area contributed by atoms with Crippen LogP contribution in [0.25, 0.3) is 0 Å². The number of rotatable bonds is 4. The molecule has 2 rings (SSSR count). The van der Waals surface area contributed by atoms with E-state index in [9.17, 15) is 10.1 Å². The molecule has 1 aromatic carbocycles. The fourth-order valence-corrected chi connectivity index (χ4v) is 2.88. The van der Waals surface area contributed by atoms with Gasteiger partial charge in [-0.25, -0.2) is 4.79 Å². The number of nitriles is 1. The normalized spacial score (nSPS) is 17.6. The van der Waals surface area contributed by atoms with Gasteiger partial charge in [-0.05, 0) is 25.0 Å². The highest BCUT2D eigenvalue weighted by atomic mass is 16.5. The van der Waals surface area contributed by atoms with Crippen LogP contribution in [0.2, 0.25) is 0 Å². The number of ether oxygens (including phenoxy) is 2. The van der Waals surface area contributed by atoms with E-state index in [1.807, 2.05) is 38.1 Å². The van der Waals surface area contributed by atoms with Gasteiger partial charge >= 0.3 is 5.97 Å². The SMILES string of the molecule is COCC1=C(C(=O)OC)C(c2ccccc2C)C(C#N)=C(C)N1. The molecule has 5 heteroatoms. The lowest BCUT2D eigenvalue weighted by molar-refractivity contribution is -0.136. The number of nitrogens with one attached hydrogen (secondary N) is 1. The number of methoxy groups -OCH3 is 2. The van der Waals surface area contributed by atoms with Gasteiger partial charge in [0.05, 0.1) is 42.5 Å². The van der Waals surface area contributed by atoms with E-state index >= 15 is 0 Å². The molecule has 1 aliphatic heterocycles. The first-order valence-corrected chi connectivity index (χ1v) is 7.28. The van der Waals surface area contributed by atoms with Crippen LogP contribution in [0.3, 0.4) is 0 Å². The van der Waals surface area contributed by atoms with Gasteiger partial charge in [0.2, 0.25) is 0 Å². The number of nitrogens with zero attached hydrogens (tertiary/aromatic N) is 1. The third-order valence-electron chi connectivity index (χ3n) is 3.96. The van der Waals surface area contributed by atoms with E-state index in [4.69, 9.17) is 9.47 Å². The van der Waals surface area contributed by atoms with Crippen molar-refractivity contribution < 1.29 is 14.3 Å². The zero-order chi connectivity index (χ0) is 17.0.